The third-order valence-electron chi connectivity index (χ3n) is 16.7. The number of nitrogens with zero attached hydrogens (tertiary/aromatic N) is 4. The fourth-order valence-electron chi connectivity index (χ4n) is 11.9. The van der Waals surface area contributed by atoms with Gasteiger partial charge < -0.3 is 41.1 Å². The molecule has 2 saturated heterocycles. The molecule has 0 spiro atoms. The van der Waals surface area contributed by atoms with E-state index in [1.165, 1.54) is 17.7 Å². The van der Waals surface area contributed by atoms with Crippen molar-refractivity contribution in [1.82, 2.24) is 36.0 Å². The molecule has 15 nitrogen and oxygen atoms in total. The number of anilines is 2. The van der Waals surface area contributed by atoms with Gasteiger partial charge in [0.2, 0.25) is 29.5 Å². The second-order valence-electron chi connectivity index (χ2n) is 23.4. The highest BCUT2D eigenvalue weighted by Crippen LogP contribution is 2.43. The summed E-state index contributed by atoms with van der Waals surface area (Å²) in [6.45, 7) is 18.4. The van der Waals surface area contributed by atoms with E-state index in [1.807, 2.05) is 76.2 Å². The van der Waals surface area contributed by atoms with Crippen LogP contribution in [-0.4, -0.2) is 140 Å². The van der Waals surface area contributed by atoms with Crippen LogP contribution in [0.1, 0.15) is 106 Å². The minimum absolute atomic E-state index is 0.0660. The number of likely N-dealkylation sites (N-methyl/N-ethyl adjacent to an activating group) is 1. The first-order valence-electron chi connectivity index (χ1n) is 27.4. The van der Waals surface area contributed by atoms with Gasteiger partial charge in [0.05, 0.1) is 37.3 Å². The number of morpholine rings is 1. The van der Waals surface area contributed by atoms with Crippen molar-refractivity contribution >= 4 is 40.9 Å². The van der Waals surface area contributed by atoms with E-state index in [2.05, 4.69) is 62.4 Å². The fraction of sp³-hybridized carbons (Fsp3) is 0.517. The summed E-state index contributed by atoms with van der Waals surface area (Å²) in [5.74, 6) is -1.67. The number of hydrogen-bond donors (Lipinski definition) is 5. The quantitative estimate of drug-likeness (QED) is 0.107. The predicted octanol–water partition coefficient (Wildman–Crippen LogP) is 5.63. The Balaban J connectivity index is 0.993. The molecule has 0 saturated carbocycles. The van der Waals surface area contributed by atoms with Crippen LogP contribution in [0.3, 0.4) is 0 Å². The van der Waals surface area contributed by atoms with Gasteiger partial charge in [0.1, 0.15) is 17.9 Å². The number of aryl methyl sites for hydroxylation is 1. The van der Waals surface area contributed by atoms with Gasteiger partial charge in [-0.25, -0.2) is 4.39 Å². The van der Waals surface area contributed by atoms with E-state index in [0.29, 0.717) is 37.6 Å². The van der Waals surface area contributed by atoms with Crippen molar-refractivity contribution in [2.75, 3.05) is 69.7 Å². The number of carbonyl (C=O) groups is 5. The lowest BCUT2D eigenvalue weighted by Gasteiger charge is -2.43. The molecule has 5 N–H and O–H groups in total. The number of ether oxygens (including phenoxy) is 1. The van der Waals surface area contributed by atoms with Crippen LogP contribution in [0.5, 0.6) is 0 Å². The van der Waals surface area contributed by atoms with Crippen LogP contribution in [0.2, 0.25) is 0 Å². The van der Waals surface area contributed by atoms with E-state index in [9.17, 15) is 18.8 Å². The average molecular weight is 1040 g/mol. The first-order valence-corrected chi connectivity index (χ1v) is 27.4. The molecule has 4 aliphatic heterocycles. The summed E-state index contributed by atoms with van der Waals surface area (Å²) in [5, 5.41) is 16.1. The second-order valence-corrected chi connectivity index (χ2v) is 23.4. The molecular weight excluding hydrogens is 962 g/mol. The van der Waals surface area contributed by atoms with Gasteiger partial charge in [0.15, 0.2) is 0 Å². The van der Waals surface area contributed by atoms with Crippen LogP contribution in [0.25, 0.3) is 0 Å². The lowest BCUT2D eigenvalue weighted by Crippen LogP contribution is -2.62. The van der Waals surface area contributed by atoms with Crippen molar-refractivity contribution in [1.29, 1.82) is 0 Å². The third kappa shape index (κ3) is 11.9. The Morgan fingerprint density at radius 3 is 2.43 bits per heavy atom. The number of rotatable bonds is 14. The zero-order chi connectivity index (χ0) is 54.1. The SMILES string of the molecule is CN[C@@H](C)C(=O)N[C@H](C(=O)N1Cc2cc(NC(=O)C3(C)CN(C(=O)CN4C[C@@H](C)NC[C@@H]4CN4CCOC[C@H]4C)c4cc(Cc5ccc(F)cc5)ccc43)ccc2CC1C(=O)N[C@@H]1CCCc2ccccc21)C(C)(C)C. The Morgan fingerprint density at radius 1 is 0.921 bits per heavy atom. The summed E-state index contributed by atoms with van der Waals surface area (Å²) in [4.78, 5) is 81.3. The number of piperazine rings is 1. The van der Waals surface area contributed by atoms with E-state index in [4.69, 9.17) is 4.74 Å². The van der Waals surface area contributed by atoms with Crippen molar-refractivity contribution in [2.24, 2.45) is 5.41 Å². The number of carbonyl (C=O) groups excluding carboxylic acids is 5. The minimum atomic E-state index is -1.17. The number of benzene rings is 4. The van der Waals surface area contributed by atoms with Crippen LogP contribution in [0.15, 0.2) is 84.9 Å². The molecule has 4 heterocycles. The smallest absolute Gasteiger partial charge is 0.246 e. The lowest BCUT2D eigenvalue weighted by atomic mass is 9.82. The summed E-state index contributed by atoms with van der Waals surface area (Å²) < 4.78 is 19.7. The standard InChI is InChI=1S/C60H78FN9O6/c1-37-31-68(47(30-63-37)33-67-24-25-76-35-38(67)2)34-53(71)70-36-60(7,49-23-18-41(27-51(49)70)26-40-16-20-45(61)21-17-40)58(75)64-46-22-19-43-29-52(56(73)65-50-15-11-13-42-12-9-10-14-48(42)50)69(32-44(43)28-46)57(74)54(59(4,5)6)66-55(72)39(3)62-8/h9-10,12,14,16-23,27-28,37-39,47,50,52,54,62-63H,11,13,15,24-26,29-36H2,1-8H3,(H,64,75)(H,65,73)(H,66,72)/t37-,38-,39+,47-,50-,52?,54-,60?/m1/s1. The Hall–Kier alpha value is -6.04. The van der Waals surface area contributed by atoms with Crippen LogP contribution < -0.4 is 31.5 Å². The Bertz CT molecular complexity index is 2800. The molecule has 16 heteroatoms. The maximum absolute atomic E-state index is 15.1. The van der Waals surface area contributed by atoms with E-state index in [-0.39, 0.29) is 85.6 Å². The highest BCUT2D eigenvalue weighted by molar-refractivity contribution is 6.07. The molecule has 2 fully saturated rings. The Morgan fingerprint density at radius 2 is 1.68 bits per heavy atom. The van der Waals surface area contributed by atoms with Gasteiger partial charge in [-0.15, -0.1) is 0 Å². The Kier molecular flexibility index (Phi) is 16.5. The highest BCUT2D eigenvalue weighted by Gasteiger charge is 2.48. The van der Waals surface area contributed by atoms with Gasteiger partial charge in [-0.1, -0.05) is 75.4 Å². The molecule has 0 aromatic heterocycles. The molecule has 76 heavy (non-hydrogen) atoms. The molecule has 1 aliphatic carbocycles. The summed E-state index contributed by atoms with van der Waals surface area (Å²) in [6, 6.07) is 24.1. The Labute approximate surface area is 448 Å². The van der Waals surface area contributed by atoms with E-state index >= 15 is 9.59 Å². The molecule has 5 amide bonds. The van der Waals surface area contributed by atoms with Crippen LogP contribution >= 0.6 is 0 Å². The molecule has 4 aromatic rings. The molecule has 8 atom stereocenters. The number of fused-ring (bicyclic) bond motifs is 3. The summed E-state index contributed by atoms with van der Waals surface area (Å²) in [6.07, 6.45) is 3.39. The summed E-state index contributed by atoms with van der Waals surface area (Å²) in [7, 11) is 1.69. The van der Waals surface area contributed by atoms with E-state index < -0.39 is 29.0 Å². The number of nitrogens with one attached hydrogen (secondary N) is 5. The van der Waals surface area contributed by atoms with Crippen molar-refractivity contribution in [2.45, 2.75) is 135 Å². The largest absolute Gasteiger partial charge is 0.379 e. The van der Waals surface area contributed by atoms with Gasteiger partial charge in [0.25, 0.3) is 0 Å². The molecule has 0 bridgehead atoms. The van der Waals surface area contributed by atoms with E-state index in [1.54, 1.807) is 35.9 Å². The first-order chi connectivity index (χ1) is 36.3. The lowest BCUT2D eigenvalue weighted by molar-refractivity contribution is -0.147. The van der Waals surface area contributed by atoms with E-state index in [0.717, 1.165) is 72.3 Å². The molecule has 0 radical (unpaired) electrons. The van der Waals surface area contributed by atoms with Crippen molar-refractivity contribution in [3.63, 3.8) is 0 Å². The second kappa shape index (κ2) is 22.9. The van der Waals surface area contributed by atoms with Gasteiger partial charge in [0, 0.05) is 75.2 Å². The van der Waals surface area contributed by atoms with Crippen molar-refractivity contribution < 1.29 is 33.1 Å². The predicted molar refractivity (Wildman–Crippen MR) is 293 cm³/mol. The van der Waals surface area contributed by atoms with Gasteiger partial charge in [-0.3, -0.25) is 33.8 Å². The molecule has 2 unspecified atom stereocenters. The van der Waals surface area contributed by atoms with Gasteiger partial charge >= 0.3 is 0 Å². The normalized spacial score (nSPS) is 24.6. The molecule has 5 aliphatic rings. The van der Waals surface area contributed by atoms with Crippen LogP contribution in [-0.2, 0) is 59.9 Å². The monoisotopic (exact) mass is 1040 g/mol. The van der Waals surface area contributed by atoms with Crippen molar-refractivity contribution in [3.8, 4) is 0 Å². The van der Waals surface area contributed by atoms with Crippen LogP contribution in [0, 0.1) is 11.2 Å². The van der Waals surface area contributed by atoms with Gasteiger partial charge in [-0.2, -0.15) is 0 Å². The zero-order valence-electron chi connectivity index (χ0n) is 45.6. The molecule has 406 valence electrons. The fourth-order valence-corrected chi connectivity index (χ4v) is 11.9. The minimum Gasteiger partial charge on any atom is -0.379 e. The third-order valence-corrected chi connectivity index (χ3v) is 16.7. The maximum Gasteiger partial charge on any atom is 0.246 e. The molecule has 9 rings (SSSR count). The first kappa shape index (κ1) is 54.7. The molecule has 4 aromatic carbocycles. The number of hydrogen-bond acceptors (Lipinski definition) is 10. The average Bonchev–Trinajstić information content (AvgIpc) is 3.85. The highest BCUT2D eigenvalue weighted by atomic mass is 19.1. The number of halogens is 1. The summed E-state index contributed by atoms with van der Waals surface area (Å²) in [5.41, 5.74) is 5.82. The van der Waals surface area contributed by atoms with Crippen LogP contribution in [0.4, 0.5) is 15.8 Å². The maximum atomic E-state index is 15.1. The summed E-state index contributed by atoms with van der Waals surface area (Å²) >= 11 is 0. The topological polar surface area (TPSA) is 168 Å². The zero-order valence-corrected chi connectivity index (χ0v) is 45.6. The van der Waals surface area contributed by atoms with Crippen molar-refractivity contribution in [3.05, 3.63) is 130 Å². The molecular formula is C60H78FN9O6. The number of amides is 5. The van der Waals surface area contributed by atoms with Gasteiger partial charge in [-0.05, 0) is 135 Å².